The first-order valence-electron chi connectivity index (χ1n) is 7.45. The van der Waals surface area contributed by atoms with Crippen LogP contribution in [0.3, 0.4) is 0 Å². The molecule has 120 valence electrons. The second-order valence-electron chi connectivity index (χ2n) is 5.25. The van der Waals surface area contributed by atoms with Crippen molar-refractivity contribution in [3.05, 3.63) is 23.8 Å². The van der Waals surface area contributed by atoms with Gasteiger partial charge in [-0.2, -0.15) is 0 Å². The minimum atomic E-state index is -0.899. The van der Waals surface area contributed by atoms with Crippen molar-refractivity contribution in [2.75, 3.05) is 18.0 Å². The molecule has 1 aliphatic heterocycles. The van der Waals surface area contributed by atoms with Gasteiger partial charge in [0, 0.05) is 31.3 Å². The lowest BCUT2D eigenvalue weighted by Crippen LogP contribution is -2.23. The van der Waals surface area contributed by atoms with E-state index in [4.69, 9.17) is 9.47 Å². The molecular formula is C16H21NO5. The summed E-state index contributed by atoms with van der Waals surface area (Å²) in [6.45, 7) is 7.35. The highest BCUT2D eigenvalue weighted by Crippen LogP contribution is 2.27. The van der Waals surface area contributed by atoms with Gasteiger partial charge in [-0.25, -0.2) is 9.59 Å². The predicted molar refractivity (Wildman–Crippen MR) is 81.0 cm³/mol. The molecule has 0 radical (unpaired) electrons. The van der Waals surface area contributed by atoms with Gasteiger partial charge in [-0.05, 0) is 32.9 Å². The van der Waals surface area contributed by atoms with Crippen LogP contribution in [0.4, 0.5) is 5.69 Å². The molecular weight excluding hydrogens is 286 g/mol. The number of ether oxygens (including phenoxy) is 2. The van der Waals surface area contributed by atoms with E-state index in [1.54, 1.807) is 13.0 Å². The first-order valence-corrected chi connectivity index (χ1v) is 7.45. The van der Waals surface area contributed by atoms with E-state index in [-0.39, 0.29) is 17.4 Å². The van der Waals surface area contributed by atoms with Crippen LogP contribution < -0.4 is 4.90 Å². The summed E-state index contributed by atoms with van der Waals surface area (Å²) in [6.07, 6.45) is -0.823. The third-order valence-electron chi connectivity index (χ3n) is 3.71. The zero-order chi connectivity index (χ0) is 16.3. The Morgan fingerprint density at radius 3 is 2.59 bits per heavy atom. The monoisotopic (exact) mass is 307 g/mol. The number of esters is 2. The van der Waals surface area contributed by atoms with E-state index in [0.29, 0.717) is 6.42 Å². The molecule has 1 N–H and O–H groups in total. The number of benzene rings is 1. The van der Waals surface area contributed by atoms with Crippen molar-refractivity contribution in [3.8, 4) is 5.75 Å². The van der Waals surface area contributed by atoms with Crippen molar-refractivity contribution in [1.29, 1.82) is 0 Å². The SMILES string of the molecule is CCN(CC)c1ccc(C(=O)O[C@@H]2C[C@@H](C)OC2=O)c(O)c1. The summed E-state index contributed by atoms with van der Waals surface area (Å²) in [4.78, 5) is 25.6. The Hall–Kier alpha value is -2.24. The van der Waals surface area contributed by atoms with Gasteiger partial charge in [0.25, 0.3) is 0 Å². The quantitative estimate of drug-likeness (QED) is 0.840. The van der Waals surface area contributed by atoms with E-state index in [1.165, 1.54) is 12.1 Å². The zero-order valence-electron chi connectivity index (χ0n) is 13.0. The summed E-state index contributed by atoms with van der Waals surface area (Å²) in [5.74, 6) is -1.42. The fourth-order valence-electron chi connectivity index (χ4n) is 2.49. The van der Waals surface area contributed by atoms with E-state index in [2.05, 4.69) is 0 Å². The highest BCUT2D eigenvalue weighted by Gasteiger charge is 2.35. The van der Waals surface area contributed by atoms with Gasteiger partial charge in [-0.1, -0.05) is 0 Å². The van der Waals surface area contributed by atoms with Gasteiger partial charge in [0.15, 0.2) is 0 Å². The van der Waals surface area contributed by atoms with Crippen LogP contribution in [-0.2, 0) is 14.3 Å². The Bertz CT molecular complexity index is 568. The van der Waals surface area contributed by atoms with Crippen molar-refractivity contribution in [2.24, 2.45) is 0 Å². The van der Waals surface area contributed by atoms with Crippen LogP contribution in [0.2, 0.25) is 0 Å². The number of nitrogens with zero attached hydrogens (tertiary/aromatic N) is 1. The minimum Gasteiger partial charge on any atom is -0.507 e. The van der Waals surface area contributed by atoms with Crippen LogP contribution in [0.15, 0.2) is 18.2 Å². The first-order chi connectivity index (χ1) is 10.5. The fraction of sp³-hybridized carbons (Fsp3) is 0.500. The molecule has 6 heteroatoms. The number of cyclic esters (lactones) is 1. The number of carbonyl (C=O) groups excluding carboxylic acids is 2. The van der Waals surface area contributed by atoms with Crippen LogP contribution >= 0.6 is 0 Å². The molecule has 1 aliphatic rings. The predicted octanol–water partition coefficient (Wildman–Crippen LogP) is 2.10. The number of anilines is 1. The third kappa shape index (κ3) is 3.32. The normalized spacial score (nSPS) is 20.6. The van der Waals surface area contributed by atoms with Crippen molar-refractivity contribution < 1.29 is 24.2 Å². The minimum absolute atomic E-state index is 0.0447. The van der Waals surface area contributed by atoms with Crippen molar-refractivity contribution in [2.45, 2.75) is 39.4 Å². The Balaban J connectivity index is 2.12. The van der Waals surface area contributed by atoms with Crippen LogP contribution in [0, 0.1) is 0 Å². The van der Waals surface area contributed by atoms with E-state index in [9.17, 15) is 14.7 Å². The van der Waals surface area contributed by atoms with Gasteiger partial charge in [-0.15, -0.1) is 0 Å². The molecule has 0 unspecified atom stereocenters. The lowest BCUT2D eigenvalue weighted by molar-refractivity contribution is -0.147. The van der Waals surface area contributed by atoms with Crippen molar-refractivity contribution in [1.82, 2.24) is 0 Å². The first kappa shape index (κ1) is 16.1. The van der Waals surface area contributed by atoms with Crippen LogP contribution in [-0.4, -0.2) is 42.3 Å². The molecule has 0 amide bonds. The standard InChI is InChI=1S/C16H21NO5/c1-4-17(5-2)11-6-7-12(13(18)9-11)15(19)22-14-8-10(3)21-16(14)20/h6-7,9-10,14,18H,4-5,8H2,1-3H3/t10-,14-/m1/s1. The number of hydrogen-bond donors (Lipinski definition) is 1. The topological polar surface area (TPSA) is 76.1 Å². The maximum absolute atomic E-state index is 12.1. The largest absolute Gasteiger partial charge is 0.507 e. The second kappa shape index (κ2) is 6.68. The summed E-state index contributed by atoms with van der Waals surface area (Å²) < 4.78 is 10.1. The molecule has 1 fully saturated rings. The number of rotatable bonds is 5. The Labute approximate surface area is 129 Å². The summed E-state index contributed by atoms with van der Waals surface area (Å²) in [5.41, 5.74) is 0.871. The molecule has 1 saturated heterocycles. The molecule has 0 saturated carbocycles. The molecule has 0 bridgehead atoms. The van der Waals surface area contributed by atoms with E-state index in [1.807, 2.05) is 18.7 Å². The third-order valence-corrected chi connectivity index (χ3v) is 3.71. The van der Waals surface area contributed by atoms with Crippen molar-refractivity contribution in [3.63, 3.8) is 0 Å². The lowest BCUT2D eigenvalue weighted by atomic mass is 10.1. The smallest absolute Gasteiger partial charge is 0.347 e. The number of aromatic hydroxyl groups is 1. The van der Waals surface area contributed by atoms with Gasteiger partial charge in [0.05, 0.1) is 0 Å². The molecule has 2 rings (SSSR count). The van der Waals surface area contributed by atoms with E-state index < -0.39 is 18.0 Å². The molecule has 6 nitrogen and oxygen atoms in total. The molecule has 1 aromatic rings. The molecule has 2 atom stereocenters. The van der Waals surface area contributed by atoms with Gasteiger partial charge in [-0.3, -0.25) is 0 Å². The van der Waals surface area contributed by atoms with E-state index >= 15 is 0 Å². The Morgan fingerprint density at radius 1 is 1.41 bits per heavy atom. The van der Waals surface area contributed by atoms with Gasteiger partial charge in [0.1, 0.15) is 17.4 Å². The average molecular weight is 307 g/mol. The van der Waals surface area contributed by atoms with Crippen LogP contribution in [0.5, 0.6) is 5.75 Å². The number of hydrogen-bond acceptors (Lipinski definition) is 6. The Morgan fingerprint density at radius 2 is 2.09 bits per heavy atom. The zero-order valence-corrected chi connectivity index (χ0v) is 13.0. The van der Waals surface area contributed by atoms with Crippen molar-refractivity contribution >= 4 is 17.6 Å². The lowest BCUT2D eigenvalue weighted by Gasteiger charge is -2.21. The second-order valence-corrected chi connectivity index (χ2v) is 5.25. The summed E-state index contributed by atoms with van der Waals surface area (Å²) in [7, 11) is 0. The number of phenolic OH excluding ortho intramolecular Hbond substituents is 1. The molecule has 1 aromatic carbocycles. The van der Waals surface area contributed by atoms with Gasteiger partial charge >= 0.3 is 11.9 Å². The number of phenols is 1. The van der Waals surface area contributed by atoms with E-state index in [0.717, 1.165) is 18.8 Å². The summed E-state index contributed by atoms with van der Waals surface area (Å²) in [5, 5.41) is 10.0. The average Bonchev–Trinajstić information content (AvgIpc) is 2.78. The van der Waals surface area contributed by atoms with Gasteiger partial charge < -0.3 is 19.5 Å². The maximum Gasteiger partial charge on any atom is 0.347 e. The Kier molecular flexibility index (Phi) is 4.90. The van der Waals surface area contributed by atoms with Crippen LogP contribution in [0.25, 0.3) is 0 Å². The molecule has 22 heavy (non-hydrogen) atoms. The molecule has 0 aliphatic carbocycles. The van der Waals surface area contributed by atoms with Crippen LogP contribution in [0.1, 0.15) is 37.6 Å². The molecule has 1 heterocycles. The van der Waals surface area contributed by atoms with Gasteiger partial charge in [0.2, 0.25) is 6.10 Å². The summed E-state index contributed by atoms with van der Waals surface area (Å²) in [6, 6.07) is 4.78. The highest BCUT2D eigenvalue weighted by atomic mass is 16.6. The molecule has 0 spiro atoms. The fourth-order valence-corrected chi connectivity index (χ4v) is 2.49. The molecule has 0 aromatic heterocycles. The number of carbonyl (C=O) groups is 2. The highest BCUT2D eigenvalue weighted by molar-refractivity contribution is 5.94. The maximum atomic E-state index is 12.1. The summed E-state index contributed by atoms with van der Waals surface area (Å²) >= 11 is 0.